The van der Waals surface area contributed by atoms with E-state index in [4.69, 9.17) is 9.15 Å². The summed E-state index contributed by atoms with van der Waals surface area (Å²) in [5.41, 5.74) is 0.722. The molecule has 0 fully saturated rings. The smallest absolute Gasteiger partial charge is 0.399 e. The molecule has 0 radical (unpaired) electrons. The van der Waals surface area contributed by atoms with Gasteiger partial charge in [-0.3, -0.25) is 0 Å². The molecule has 0 spiro atoms. The summed E-state index contributed by atoms with van der Waals surface area (Å²) < 4.78 is 24.0. The van der Waals surface area contributed by atoms with Crippen LogP contribution in [0.5, 0.6) is 11.8 Å². The van der Waals surface area contributed by atoms with Crippen LogP contribution >= 0.6 is 15.9 Å². The molecule has 2 aromatic rings. The van der Waals surface area contributed by atoms with Crippen molar-refractivity contribution in [1.29, 1.82) is 0 Å². The van der Waals surface area contributed by atoms with Gasteiger partial charge < -0.3 is 14.5 Å². The number of rotatable bonds is 4. The summed E-state index contributed by atoms with van der Waals surface area (Å²) in [7, 11) is 1.80. The summed E-state index contributed by atoms with van der Waals surface area (Å²) in [6.07, 6.45) is 1.58. The SMILES string of the molecule is CNCc1coc(Oc2ccc(Br)c(F)c2)n1. The largest absolute Gasteiger partial charge is 0.417 e. The first-order valence-corrected chi connectivity index (χ1v) is 5.70. The van der Waals surface area contributed by atoms with Crippen molar-refractivity contribution in [2.75, 3.05) is 7.05 Å². The molecule has 1 aromatic carbocycles. The second-order valence-corrected chi connectivity index (χ2v) is 4.17. The fourth-order valence-corrected chi connectivity index (χ4v) is 1.49. The van der Waals surface area contributed by atoms with Gasteiger partial charge >= 0.3 is 6.08 Å². The first kappa shape index (κ1) is 12.1. The Morgan fingerprint density at radius 3 is 3.06 bits per heavy atom. The van der Waals surface area contributed by atoms with E-state index in [1.54, 1.807) is 19.2 Å². The molecule has 6 heteroatoms. The third kappa shape index (κ3) is 3.04. The van der Waals surface area contributed by atoms with Gasteiger partial charge in [-0.05, 0) is 35.1 Å². The van der Waals surface area contributed by atoms with Crippen molar-refractivity contribution in [3.8, 4) is 11.8 Å². The lowest BCUT2D eigenvalue weighted by Gasteiger charge is -2.01. The summed E-state index contributed by atoms with van der Waals surface area (Å²) in [6, 6.07) is 4.43. The van der Waals surface area contributed by atoms with Crippen molar-refractivity contribution in [3.05, 3.63) is 40.4 Å². The lowest BCUT2D eigenvalue weighted by molar-refractivity contribution is 0.329. The Morgan fingerprint density at radius 2 is 2.35 bits per heavy atom. The summed E-state index contributed by atoms with van der Waals surface area (Å²) in [6.45, 7) is 0.585. The Labute approximate surface area is 106 Å². The van der Waals surface area contributed by atoms with Gasteiger partial charge in [-0.15, -0.1) is 0 Å². The number of nitrogens with one attached hydrogen (secondary N) is 1. The van der Waals surface area contributed by atoms with Gasteiger partial charge in [0.15, 0.2) is 0 Å². The third-order valence-electron chi connectivity index (χ3n) is 1.98. The maximum absolute atomic E-state index is 13.2. The molecule has 2 rings (SSSR count). The van der Waals surface area contributed by atoms with Gasteiger partial charge in [0.05, 0.1) is 10.2 Å². The molecule has 1 heterocycles. The molecule has 0 amide bonds. The minimum Gasteiger partial charge on any atom is -0.417 e. The van der Waals surface area contributed by atoms with Crippen LogP contribution < -0.4 is 10.1 Å². The van der Waals surface area contributed by atoms with Crippen molar-refractivity contribution in [2.24, 2.45) is 0 Å². The molecule has 1 aromatic heterocycles. The van der Waals surface area contributed by atoms with Gasteiger partial charge in [0.1, 0.15) is 17.8 Å². The molecule has 0 saturated carbocycles. The Hall–Kier alpha value is -1.40. The highest BCUT2D eigenvalue weighted by molar-refractivity contribution is 9.10. The van der Waals surface area contributed by atoms with Crippen molar-refractivity contribution in [2.45, 2.75) is 6.54 Å². The van der Waals surface area contributed by atoms with Crippen LogP contribution in [0.1, 0.15) is 5.69 Å². The average Bonchev–Trinajstić information content (AvgIpc) is 2.72. The topological polar surface area (TPSA) is 47.3 Å². The molecule has 0 aliphatic carbocycles. The van der Waals surface area contributed by atoms with Crippen LogP contribution in [0, 0.1) is 5.82 Å². The van der Waals surface area contributed by atoms with E-state index in [0.29, 0.717) is 16.8 Å². The van der Waals surface area contributed by atoms with E-state index in [-0.39, 0.29) is 6.08 Å². The van der Waals surface area contributed by atoms with Crippen molar-refractivity contribution in [3.63, 3.8) is 0 Å². The molecule has 4 nitrogen and oxygen atoms in total. The Bertz CT molecular complexity index is 516. The van der Waals surface area contributed by atoms with Crippen molar-refractivity contribution in [1.82, 2.24) is 10.3 Å². The van der Waals surface area contributed by atoms with Gasteiger partial charge in [0, 0.05) is 12.6 Å². The van der Waals surface area contributed by atoms with E-state index in [0.717, 1.165) is 5.69 Å². The van der Waals surface area contributed by atoms with Crippen LogP contribution in [-0.4, -0.2) is 12.0 Å². The first-order valence-electron chi connectivity index (χ1n) is 4.91. The minimum absolute atomic E-state index is 0.0944. The standard InChI is InChI=1S/C11H10BrFN2O2/c1-14-5-7-6-16-11(15-7)17-8-2-3-9(12)10(13)4-8/h2-4,6,14H,5H2,1H3. The summed E-state index contributed by atoms with van der Waals surface area (Å²) >= 11 is 3.06. The lowest BCUT2D eigenvalue weighted by atomic mass is 10.3. The second-order valence-electron chi connectivity index (χ2n) is 3.31. The van der Waals surface area contributed by atoms with Crippen molar-refractivity contribution >= 4 is 15.9 Å². The maximum Gasteiger partial charge on any atom is 0.399 e. The maximum atomic E-state index is 13.2. The molecule has 0 atom stereocenters. The Kier molecular flexibility index (Phi) is 3.75. The minimum atomic E-state index is -0.399. The number of ether oxygens (including phenoxy) is 1. The molecular weight excluding hydrogens is 291 g/mol. The quantitative estimate of drug-likeness (QED) is 0.942. The van der Waals surface area contributed by atoms with Crippen LogP contribution in [0.15, 0.2) is 33.4 Å². The zero-order chi connectivity index (χ0) is 12.3. The van der Waals surface area contributed by atoms with E-state index < -0.39 is 5.82 Å². The molecular formula is C11H10BrFN2O2. The number of oxazole rings is 1. The van der Waals surface area contributed by atoms with Crippen LogP contribution in [0.2, 0.25) is 0 Å². The zero-order valence-electron chi connectivity index (χ0n) is 9.04. The van der Waals surface area contributed by atoms with Gasteiger partial charge in [-0.25, -0.2) is 4.39 Å². The van der Waals surface area contributed by atoms with Crippen LogP contribution in [0.3, 0.4) is 0 Å². The predicted octanol–water partition coefficient (Wildman–Crippen LogP) is 3.09. The number of halogens is 2. The Balaban J connectivity index is 2.11. The normalized spacial score (nSPS) is 10.5. The van der Waals surface area contributed by atoms with E-state index >= 15 is 0 Å². The number of hydrogen-bond acceptors (Lipinski definition) is 4. The van der Waals surface area contributed by atoms with Gasteiger partial charge in [-0.1, -0.05) is 0 Å². The molecule has 17 heavy (non-hydrogen) atoms. The monoisotopic (exact) mass is 300 g/mol. The molecule has 0 bridgehead atoms. The molecule has 0 aliphatic rings. The summed E-state index contributed by atoms with van der Waals surface area (Å²) in [5.74, 6) is -0.0620. The van der Waals surface area contributed by atoms with E-state index in [2.05, 4.69) is 26.2 Å². The van der Waals surface area contributed by atoms with Crippen molar-refractivity contribution < 1.29 is 13.5 Å². The molecule has 1 N–H and O–H groups in total. The lowest BCUT2D eigenvalue weighted by Crippen LogP contribution is -2.04. The van der Waals surface area contributed by atoms with E-state index in [1.165, 1.54) is 12.3 Å². The van der Waals surface area contributed by atoms with Crippen LogP contribution in [0.4, 0.5) is 4.39 Å². The van der Waals surface area contributed by atoms with Crippen LogP contribution in [-0.2, 0) is 6.54 Å². The molecule has 90 valence electrons. The van der Waals surface area contributed by atoms with E-state index in [9.17, 15) is 4.39 Å². The van der Waals surface area contributed by atoms with Crippen LogP contribution in [0.25, 0.3) is 0 Å². The molecule has 0 unspecified atom stereocenters. The second kappa shape index (κ2) is 5.29. The van der Waals surface area contributed by atoms with Gasteiger partial charge in [0.25, 0.3) is 0 Å². The highest BCUT2D eigenvalue weighted by Crippen LogP contribution is 2.25. The highest BCUT2D eigenvalue weighted by atomic mass is 79.9. The third-order valence-corrected chi connectivity index (χ3v) is 2.63. The number of aromatic nitrogens is 1. The predicted molar refractivity (Wildman–Crippen MR) is 63.4 cm³/mol. The highest BCUT2D eigenvalue weighted by Gasteiger charge is 2.07. The summed E-state index contributed by atoms with van der Waals surface area (Å²) in [5, 5.41) is 2.93. The average molecular weight is 301 g/mol. The van der Waals surface area contributed by atoms with Gasteiger partial charge in [-0.2, -0.15) is 4.98 Å². The number of hydrogen-bond donors (Lipinski definition) is 1. The molecule has 0 aliphatic heterocycles. The fourth-order valence-electron chi connectivity index (χ4n) is 1.24. The van der Waals surface area contributed by atoms with Gasteiger partial charge in [0.2, 0.25) is 0 Å². The Morgan fingerprint density at radius 1 is 1.53 bits per heavy atom. The fraction of sp³-hybridized carbons (Fsp3) is 0.182. The molecule has 0 saturated heterocycles. The number of benzene rings is 1. The summed E-state index contributed by atoms with van der Waals surface area (Å²) in [4.78, 5) is 4.06. The first-order chi connectivity index (χ1) is 8.19. The van der Waals surface area contributed by atoms with E-state index in [1.807, 2.05) is 0 Å². The zero-order valence-corrected chi connectivity index (χ0v) is 10.6. The number of nitrogens with zero attached hydrogens (tertiary/aromatic N) is 1.